The highest BCUT2D eigenvalue weighted by molar-refractivity contribution is 7.13. The topological polar surface area (TPSA) is 68.7 Å². The van der Waals surface area contributed by atoms with E-state index >= 15 is 0 Å². The Morgan fingerprint density at radius 2 is 1.92 bits per heavy atom. The molecule has 128 valence electrons. The predicted molar refractivity (Wildman–Crippen MR) is 96.7 cm³/mol. The average Bonchev–Trinajstić information content (AvgIpc) is 3.11. The van der Waals surface area contributed by atoms with E-state index in [4.69, 9.17) is 14.6 Å². The van der Waals surface area contributed by atoms with Crippen molar-refractivity contribution in [1.29, 1.82) is 0 Å². The summed E-state index contributed by atoms with van der Waals surface area (Å²) in [5.74, 6) is 0.519. The fourth-order valence-electron chi connectivity index (χ4n) is 2.25. The largest absolute Gasteiger partial charge is 0.490 e. The molecule has 0 aliphatic rings. The maximum atomic E-state index is 10.9. The van der Waals surface area contributed by atoms with Gasteiger partial charge >= 0.3 is 5.97 Å². The standard InChI is InChI=1S/C19H17NO4S/c1-13-5-2-3-8-17(13)24-10-9-23-15-7-4-6-14(11-15)18-20-16(12-25-18)19(21)22/h2-8,11-12H,9-10H2,1H3,(H,21,22). The number of aromatic carboxylic acids is 1. The first-order valence-corrected chi connectivity index (χ1v) is 8.62. The second-order valence-corrected chi connectivity index (χ2v) is 6.19. The summed E-state index contributed by atoms with van der Waals surface area (Å²) in [5.41, 5.74) is 1.97. The molecular formula is C19H17NO4S. The van der Waals surface area contributed by atoms with E-state index in [1.54, 1.807) is 0 Å². The first kappa shape index (κ1) is 17.0. The lowest BCUT2D eigenvalue weighted by Crippen LogP contribution is -2.09. The second kappa shape index (κ2) is 7.81. The Morgan fingerprint density at radius 3 is 2.68 bits per heavy atom. The van der Waals surface area contributed by atoms with Gasteiger partial charge in [-0.2, -0.15) is 0 Å². The molecule has 0 aliphatic heterocycles. The van der Waals surface area contributed by atoms with E-state index in [9.17, 15) is 4.79 Å². The number of ether oxygens (including phenoxy) is 2. The molecule has 25 heavy (non-hydrogen) atoms. The van der Waals surface area contributed by atoms with Crippen LogP contribution in [0.2, 0.25) is 0 Å². The van der Waals surface area contributed by atoms with E-state index in [2.05, 4.69) is 4.98 Å². The first-order chi connectivity index (χ1) is 12.1. The van der Waals surface area contributed by atoms with Gasteiger partial charge in [0.25, 0.3) is 0 Å². The van der Waals surface area contributed by atoms with Crippen LogP contribution in [0, 0.1) is 6.92 Å². The first-order valence-electron chi connectivity index (χ1n) is 7.74. The zero-order valence-electron chi connectivity index (χ0n) is 13.6. The minimum atomic E-state index is -1.02. The SMILES string of the molecule is Cc1ccccc1OCCOc1cccc(-c2nc(C(=O)O)cs2)c1. The summed E-state index contributed by atoms with van der Waals surface area (Å²) in [6, 6.07) is 15.3. The number of aromatic nitrogens is 1. The van der Waals surface area contributed by atoms with Crippen molar-refractivity contribution in [3.8, 4) is 22.1 Å². The molecule has 3 aromatic rings. The van der Waals surface area contributed by atoms with Gasteiger partial charge in [-0.3, -0.25) is 0 Å². The van der Waals surface area contributed by atoms with Gasteiger partial charge in [-0.05, 0) is 30.7 Å². The molecule has 6 heteroatoms. The molecule has 0 saturated heterocycles. The highest BCUT2D eigenvalue weighted by Crippen LogP contribution is 2.27. The number of benzene rings is 2. The molecule has 0 saturated carbocycles. The van der Waals surface area contributed by atoms with Gasteiger partial charge in [-0.25, -0.2) is 9.78 Å². The highest BCUT2D eigenvalue weighted by atomic mass is 32.1. The Hall–Kier alpha value is -2.86. The number of carboxylic acids is 1. The molecule has 2 aromatic carbocycles. The van der Waals surface area contributed by atoms with Crippen molar-refractivity contribution >= 4 is 17.3 Å². The fourth-order valence-corrected chi connectivity index (χ4v) is 3.04. The van der Waals surface area contributed by atoms with Gasteiger partial charge in [0.2, 0.25) is 0 Å². The summed E-state index contributed by atoms with van der Waals surface area (Å²) in [6.07, 6.45) is 0. The minimum absolute atomic E-state index is 0.0537. The summed E-state index contributed by atoms with van der Waals surface area (Å²) in [4.78, 5) is 15.0. The van der Waals surface area contributed by atoms with Gasteiger partial charge in [0.05, 0.1) is 0 Å². The predicted octanol–water partition coefficient (Wildman–Crippen LogP) is 4.27. The Labute approximate surface area is 149 Å². The molecular weight excluding hydrogens is 338 g/mol. The summed E-state index contributed by atoms with van der Waals surface area (Å²) >= 11 is 1.29. The Bertz CT molecular complexity index is 875. The lowest BCUT2D eigenvalue weighted by molar-refractivity contribution is 0.0691. The molecule has 0 unspecified atom stereocenters. The summed E-state index contributed by atoms with van der Waals surface area (Å²) < 4.78 is 11.4. The number of carboxylic acid groups (broad SMARTS) is 1. The molecule has 5 nitrogen and oxygen atoms in total. The van der Waals surface area contributed by atoms with Crippen LogP contribution >= 0.6 is 11.3 Å². The van der Waals surface area contributed by atoms with E-state index in [1.165, 1.54) is 16.7 Å². The number of aryl methyl sites for hydroxylation is 1. The van der Waals surface area contributed by atoms with Crippen LogP contribution < -0.4 is 9.47 Å². The normalized spacial score (nSPS) is 10.4. The van der Waals surface area contributed by atoms with Crippen molar-refractivity contribution in [1.82, 2.24) is 4.98 Å². The van der Waals surface area contributed by atoms with Crippen LogP contribution in [0.1, 0.15) is 16.1 Å². The molecule has 0 spiro atoms. The van der Waals surface area contributed by atoms with Gasteiger partial charge in [0.1, 0.15) is 29.7 Å². The minimum Gasteiger partial charge on any atom is -0.490 e. The van der Waals surface area contributed by atoms with E-state index < -0.39 is 5.97 Å². The van der Waals surface area contributed by atoms with Crippen molar-refractivity contribution in [2.75, 3.05) is 13.2 Å². The maximum Gasteiger partial charge on any atom is 0.355 e. The zero-order chi connectivity index (χ0) is 17.6. The van der Waals surface area contributed by atoms with Gasteiger partial charge in [0, 0.05) is 10.9 Å². The van der Waals surface area contributed by atoms with Gasteiger partial charge < -0.3 is 14.6 Å². The van der Waals surface area contributed by atoms with Crippen LogP contribution in [0.25, 0.3) is 10.6 Å². The van der Waals surface area contributed by atoms with Crippen LogP contribution in [-0.4, -0.2) is 29.3 Å². The number of nitrogens with zero attached hydrogens (tertiary/aromatic N) is 1. The van der Waals surface area contributed by atoms with Crippen molar-refractivity contribution in [3.05, 3.63) is 65.2 Å². The number of rotatable bonds is 7. The lowest BCUT2D eigenvalue weighted by Gasteiger charge is -2.10. The number of hydrogen-bond donors (Lipinski definition) is 1. The molecule has 3 rings (SSSR count). The zero-order valence-corrected chi connectivity index (χ0v) is 14.5. The number of hydrogen-bond acceptors (Lipinski definition) is 5. The molecule has 0 radical (unpaired) electrons. The lowest BCUT2D eigenvalue weighted by atomic mass is 10.2. The van der Waals surface area contributed by atoms with Crippen molar-refractivity contribution in [3.63, 3.8) is 0 Å². The third-order valence-corrected chi connectivity index (χ3v) is 4.40. The summed E-state index contributed by atoms with van der Waals surface area (Å²) in [7, 11) is 0. The molecule has 0 aliphatic carbocycles. The van der Waals surface area contributed by atoms with E-state index in [0.717, 1.165) is 16.9 Å². The van der Waals surface area contributed by atoms with Crippen molar-refractivity contribution in [2.45, 2.75) is 6.92 Å². The van der Waals surface area contributed by atoms with Gasteiger partial charge in [-0.1, -0.05) is 30.3 Å². The third-order valence-electron chi connectivity index (χ3n) is 3.51. The molecule has 0 bridgehead atoms. The van der Waals surface area contributed by atoms with Gasteiger partial charge in [-0.15, -0.1) is 11.3 Å². The second-order valence-electron chi connectivity index (χ2n) is 5.33. The van der Waals surface area contributed by atoms with Crippen molar-refractivity contribution < 1.29 is 19.4 Å². The van der Waals surface area contributed by atoms with E-state index in [1.807, 2.05) is 55.5 Å². The van der Waals surface area contributed by atoms with Crippen LogP contribution in [0.15, 0.2) is 53.9 Å². The average molecular weight is 355 g/mol. The molecule has 0 fully saturated rings. The third kappa shape index (κ3) is 4.36. The number of para-hydroxylation sites is 1. The molecule has 1 heterocycles. The summed E-state index contributed by atoms with van der Waals surface area (Å²) in [6.45, 7) is 2.85. The van der Waals surface area contributed by atoms with Crippen LogP contribution in [0.3, 0.4) is 0 Å². The monoisotopic (exact) mass is 355 g/mol. The summed E-state index contributed by atoms with van der Waals surface area (Å²) in [5, 5.41) is 11.1. The van der Waals surface area contributed by atoms with Crippen LogP contribution in [0.5, 0.6) is 11.5 Å². The quantitative estimate of drug-likeness (QED) is 0.641. The van der Waals surface area contributed by atoms with Crippen molar-refractivity contribution in [2.24, 2.45) is 0 Å². The molecule has 1 N–H and O–H groups in total. The molecule has 1 aromatic heterocycles. The van der Waals surface area contributed by atoms with Gasteiger partial charge in [0.15, 0.2) is 5.69 Å². The van der Waals surface area contributed by atoms with E-state index in [0.29, 0.717) is 24.0 Å². The number of thiazole rings is 1. The van der Waals surface area contributed by atoms with Crippen LogP contribution in [-0.2, 0) is 0 Å². The van der Waals surface area contributed by atoms with Crippen LogP contribution in [0.4, 0.5) is 0 Å². The molecule has 0 atom stereocenters. The maximum absolute atomic E-state index is 10.9. The smallest absolute Gasteiger partial charge is 0.355 e. The Morgan fingerprint density at radius 1 is 1.12 bits per heavy atom. The Kier molecular flexibility index (Phi) is 5.30. The highest BCUT2D eigenvalue weighted by Gasteiger charge is 2.10. The molecule has 0 amide bonds. The number of carbonyl (C=O) groups is 1. The fraction of sp³-hybridized carbons (Fsp3) is 0.158. The van der Waals surface area contributed by atoms with E-state index in [-0.39, 0.29) is 5.69 Å². The Balaban J connectivity index is 1.58.